The second-order valence-electron chi connectivity index (χ2n) is 7.16. The Labute approximate surface area is 195 Å². The van der Waals surface area contributed by atoms with Crippen LogP contribution in [0.1, 0.15) is 11.1 Å². The van der Waals surface area contributed by atoms with Crippen molar-refractivity contribution in [3.05, 3.63) is 101 Å². The van der Waals surface area contributed by atoms with Crippen molar-refractivity contribution in [2.45, 2.75) is 17.1 Å². The van der Waals surface area contributed by atoms with Crippen molar-refractivity contribution in [3.63, 3.8) is 0 Å². The molecule has 0 bridgehead atoms. The molecule has 0 aliphatic carbocycles. The minimum Gasteiger partial charge on any atom is -0.448 e. The van der Waals surface area contributed by atoms with Crippen LogP contribution in [0.15, 0.2) is 90.1 Å². The third kappa shape index (κ3) is 4.77. The van der Waals surface area contributed by atoms with E-state index in [4.69, 9.17) is 16.3 Å². The topological polar surface area (TPSA) is 59.9 Å². The van der Waals surface area contributed by atoms with Gasteiger partial charge in [-0.15, -0.1) is 10.2 Å². The lowest BCUT2D eigenvalue weighted by Crippen LogP contribution is -2.23. The number of fused-ring (bicyclic) bond motifs is 3. The maximum absolute atomic E-state index is 6.23. The van der Waals surface area contributed by atoms with Crippen LogP contribution in [0.5, 0.6) is 5.88 Å². The standard InChI is InChI=1S/C25H19ClN4OS/c26-19-13-10-18(11-14-19)16-32-25-28-24-23(29-30-25)20-8-4-5-9-21(20)27-22(31-24)15-12-17-6-2-1-3-7-17/h1-15,22,27H,16H2/b15-12+/t22-/m0/s1. The van der Waals surface area contributed by atoms with Crippen LogP contribution in [-0.4, -0.2) is 21.4 Å². The van der Waals surface area contributed by atoms with Crippen LogP contribution in [0.4, 0.5) is 5.69 Å². The van der Waals surface area contributed by atoms with Gasteiger partial charge in [0.25, 0.3) is 0 Å². The molecule has 0 fully saturated rings. The maximum Gasteiger partial charge on any atom is 0.247 e. The zero-order chi connectivity index (χ0) is 21.8. The second-order valence-corrected chi connectivity index (χ2v) is 8.54. The van der Waals surface area contributed by atoms with Crippen LogP contribution < -0.4 is 10.1 Å². The summed E-state index contributed by atoms with van der Waals surface area (Å²) in [7, 11) is 0. The van der Waals surface area contributed by atoms with Gasteiger partial charge in [0.15, 0.2) is 11.9 Å². The SMILES string of the molecule is Clc1ccc(CSc2nnc3c(n2)O[C@@H](/C=C/c2ccccc2)Nc2ccccc2-3)cc1. The van der Waals surface area contributed by atoms with E-state index in [0.717, 1.165) is 27.4 Å². The number of thioether (sulfide) groups is 1. The molecule has 1 aliphatic rings. The molecule has 0 saturated heterocycles. The van der Waals surface area contributed by atoms with Gasteiger partial charge in [-0.1, -0.05) is 90.1 Å². The number of halogens is 1. The Morgan fingerprint density at radius 2 is 1.72 bits per heavy atom. The first-order valence-electron chi connectivity index (χ1n) is 10.1. The predicted octanol–water partition coefficient (Wildman–Crippen LogP) is 6.33. The van der Waals surface area contributed by atoms with Crippen molar-refractivity contribution >= 4 is 35.1 Å². The predicted molar refractivity (Wildman–Crippen MR) is 130 cm³/mol. The minimum atomic E-state index is -0.400. The summed E-state index contributed by atoms with van der Waals surface area (Å²) in [5.74, 6) is 1.17. The fourth-order valence-electron chi connectivity index (χ4n) is 3.31. The van der Waals surface area contributed by atoms with Gasteiger partial charge in [0.2, 0.25) is 11.0 Å². The number of anilines is 1. The lowest BCUT2D eigenvalue weighted by Gasteiger charge is -2.15. The molecule has 1 aliphatic heterocycles. The molecule has 3 aromatic carbocycles. The van der Waals surface area contributed by atoms with Crippen LogP contribution in [0.2, 0.25) is 5.02 Å². The summed E-state index contributed by atoms with van der Waals surface area (Å²) >= 11 is 7.48. The number of para-hydroxylation sites is 1. The van der Waals surface area contributed by atoms with Crippen LogP contribution in [-0.2, 0) is 5.75 Å². The van der Waals surface area contributed by atoms with Gasteiger partial charge in [-0.25, -0.2) is 0 Å². The molecule has 32 heavy (non-hydrogen) atoms. The van der Waals surface area contributed by atoms with Crippen LogP contribution in [0, 0.1) is 0 Å². The molecule has 1 N–H and O–H groups in total. The highest BCUT2D eigenvalue weighted by molar-refractivity contribution is 7.98. The average Bonchev–Trinajstić information content (AvgIpc) is 2.99. The van der Waals surface area contributed by atoms with E-state index in [1.165, 1.54) is 11.8 Å². The van der Waals surface area contributed by atoms with Gasteiger partial charge in [-0.2, -0.15) is 4.98 Å². The minimum absolute atomic E-state index is 0.400. The van der Waals surface area contributed by atoms with Crippen LogP contribution >= 0.6 is 23.4 Å². The van der Waals surface area contributed by atoms with Gasteiger partial charge in [0.1, 0.15) is 0 Å². The van der Waals surface area contributed by atoms with Crippen LogP contribution in [0.3, 0.4) is 0 Å². The number of nitrogens with zero attached hydrogens (tertiary/aromatic N) is 3. The first kappa shape index (κ1) is 20.5. The molecule has 0 unspecified atom stereocenters. The van der Waals surface area contributed by atoms with Gasteiger partial charge in [-0.3, -0.25) is 0 Å². The third-order valence-corrected chi connectivity index (χ3v) is 6.06. The highest BCUT2D eigenvalue weighted by Gasteiger charge is 2.23. The number of nitrogens with one attached hydrogen (secondary N) is 1. The van der Waals surface area contributed by atoms with Crippen molar-refractivity contribution in [1.29, 1.82) is 0 Å². The molecule has 158 valence electrons. The summed E-state index contributed by atoms with van der Waals surface area (Å²) < 4.78 is 6.23. The number of aromatic nitrogens is 3. The molecule has 5 rings (SSSR count). The fraction of sp³-hybridized carbons (Fsp3) is 0.0800. The molecule has 1 aromatic heterocycles. The van der Waals surface area contributed by atoms with E-state index in [-0.39, 0.29) is 0 Å². The van der Waals surface area contributed by atoms with E-state index < -0.39 is 6.23 Å². The largest absolute Gasteiger partial charge is 0.448 e. The molecule has 4 aromatic rings. The quantitative estimate of drug-likeness (QED) is 0.353. The Balaban J connectivity index is 1.42. The summed E-state index contributed by atoms with van der Waals surface area (Å²) in [5.41, 5.74) is 4.68. The zero-order valence-electron chi connectivity index (χ0n) is 17.0. The molecule has 5 nitrogen and oxygen atoms in total. The first-order chi connectivity index (χ1) is 15.7. The number of rotatable bonds is 5. The van der Waals surface area contributed by atoms with E-state index in [0.29, 0.717) is 22.5 Å². The highest BCUT2D eigenvalue weighted by atomic mass is 35.5. The van der Waals surface area contributed by atoms with E-state index in [9.17, 15) is 0 Å². The van der Waals surface area contributed by atoms with E-state index >= 15 is 0 Å². The lowest BCUT2D eigenvalue weighted by molar-refractivity contribution is 0.266. The number of ether oxygens (including phenoxy) is 1. The van der Waals surface area contributed by atoms with Gasteiger partial charge < -0.3 is 10.1 Å². The van der Waals surface area contributed by atoms with Gasteiger partial charge in [0, 0.05) is 22.0 Å². The molecule has 0 amide bonds. The van der Waals surface area contributed by atoms with E-state index in [1.807, 2.05) is 91.0 Å². The molecule has 2 heterocycles. The normalized spacial score (nSPS) is 14.7. The van der Waals surface area contributed by atoms with Crippen molar-refractivity contribution in [1.82, 2.24) is 15.2 Å². The zero-order valence-corrected chi connectivity index (χ0v) is 18.6. The van der Waals surface area contributed by atoms with Crippen molar-refractivity contribution in [2.24, 2.45) is 0 Å². The molecule has 7 heteroatoms. The van der Waals surface area contributed by atoms with E-state index in [1.54, 1.807) is 0 Å². The monoisotopic (exact) mass is 458 g/mol. The van der Waals surface area contributed by atoms with Crippen molar-refractivity contribution < 1.29 is 4.74 Å². The van der Waals surface area contributed by atoms with Crippen molar-refractivity contribution in [3.8, 4) is 17.1 Å². The molecule has 0 radical (unpaired) electrons. The Hall–Kier alpha value is -3.35. The van der Waals surface area contributed by atoms with Crippen LogP contribution in [0.25, 0.3) is 17.3 Å². The Morgan fingerprint density at radius 1 is 0.938 bits per heavy atom. The van der Waals surface area contributed by atoms with Gasteiger partial charge in [0.05, 0.1) is 0 Å². The Bertz CT molecular complexity index is 1250. The second kappa shape index (κ2) is 9.42. The molecule has 1 atom stereocenters. The summed E-state index contributed by atoms with van der Waals surface area (Å²) in [6, 6.07) is 25.8. The summed E-state index contributed by atoms with van der Waals surface area (Å²) in [4.78, 5) is 4.68. The molecular formula is C25H19ClN4OS. The Morgan fingerprint density at radius 3 is 2.56 bits per heavy atom. The third-order valence-electron chi connectivity index (χ3n) is 4.90. The van der Waals surface area contributed by atoms with Crippen molar-refractivity contribution in [2.75, 3.05) is 5.32 Å². The summed E-state index contributed by atoms with van der Waals surface area (Å²) in [6.45, 7) is 0. The van der Waals surface area contributed by atoms with Gasteiger partial charge in [-0.05, 0) is 35.4 Å². The lowest BCUT2D eigenvalue weighted by atomic mass is 10.1. The molecular weight excluding hydrogens is 440 g/mol. The average molecular weight is 459 g/mol. The summed E-state index contributed by atoms with van der Waals surface area (Å²) in [6.07, 6.45) is 3.60. The number of hydrogen-bond acceptors (Lipinski definition) is 6. The number of benzene rings is 3. The molecule has 0 saturated carbocycles. The van der Waals surface area contributed by atoms with E-state index in [2.05, 4.69) is 20.5 Å². The fourth-order valence-corrected chi connectivity index (χ4v) is 4.17. The van der Waals surface area contributed by atoms with Gasteiger partial charge >= 0.3 is 0 Å². The smallest absolute Gasteiger partial charge is 0.247 e. The highest BCUT2D eigenvalue weighted by Crippen LogP contribution is 2.36. The Kier molecular flexibility index (Phi) is 6.05. The summed E-state index contributed by atoms with van der Waals surface area (Å²) in [5, 5.41) is 13.5. The maximum atomic E-state index is 6.23. The number of hydrogen-bond donors (Lipinski definition) is 1. The molecule has 0 spiro atoms. The first-order valence-corrected chi connectivity index (χ1v) is 11.5.